The third kappa shape index (κ3) is 3.73. The average Bonchev–Trinajstić information content (AvgIpc) is 2.83. The first-order valence-electron chi connectivity index (χ1n) is 5.60. The minimum atomic E-state index is -3.63. The molecule has 0 fully saturated rings. The zero-order valence-corrected chi connectivity index (χ0v) is 14.1. The van der Waals surface area contributed by atoms with Gasteiger partial charge in [-0.2, -0.15) is 0 Å². The molecular weight excluding hydrogens is 386 g/mol. The molecule has 8 heteroatoms. The lowest BCUT2D eigenvalue weighted by atomic mass is 10.3. The van der Waals surface area contributed by atoms with E-state index in [1.165, 1.54) is 12.1 Å². The molecular formula is C12H11BrClNO3S2. The van der Waals surface area contributed by atoms with Crippen molar-refractivity contribution in [2.24, 2.45) is 0 Å². The number of hydrogen-bond donors (Lipinski definition) is 2. The summed E-state index contributed by atoms with van der Waals surface area (Å²) in [6.45, 7) is -0.00422. The smallest absolute Gasteiger partial charge is 0.271 e. The Morgan fingerprint density at radius 1 is 1.30 bits per heavy atom. The van der Waals surface area contributed by atoms with Crippen molar-refractivity contribution in [1.82, 2.24) is 0 Å². The van der Waals surface area contributed by atoms with Gasteiger partial charge in [-0.05, 0) is 46.3 Å². The van der Waals surface area contributed by atoms with Crippen molar-refractivity contribution < 1.29 is 13.5 Å². The number of aliphatic hydroxyl groups is 1. The Hall–Kier alpha value is -0.600. The van der Waals surface area contributed by atoms with Gasteiger partial charge in [-0.3, -0.25) is 4.72 Å². The van der Waals surface area contributed by atoms with Crippen LogP contribution in [0.3, 0.4) is 0 Å². The Morgan fingerprint density at radius 2 is 2.05 bits per heavy atom. The van der Waals surface area contributed by atoms with Gasteiger partial charge in [-0.25, -0.2) is 8.42 Å². The van der Waals surface area contributed by atoms with Gasteiger partial charge < -0.3 is 5.11 Å². The van der Waals surface area contributed by atoms with Crippen molar-refractivity contribution in [3.8, 4) is 0 Å². The molecule has 108 valence electrons. The molecule has 0 amide bonds. The number of anilines is 1. The van der Waals surface area contributed by atoms with Crippen LogP contribution in [0.2, 0.25) is 5.02 Å². The topological polar surface area (TPSA) is 66.4 Å². The van der Waals surface area contributed by atoms with E-state index < -0.39 is 10.0 Å². The molecule has 0 saturated carbocycles. The zero-order chi connectivity index (χ0) is 14.8. The summed E-state index contributed by atoms with van der Waals surface area (Å²) < 4.78 is 27.8. The van der Waals surface area contributed by atoms with E-state index in [0.29, 0.717) is 21.6 Å². The SMILES string of the molecule is O=S(=O)(Nc1ccc(Br)c(Cl)c1)c1ccc(CCO)s1. The fraction of sp³-hybridized carbons (Fsp3) is 0.167. The van der Waals surface area contributed by atoms with Crippen LogP contribution in [0.1, 0.15) is 4.88 Å². The molecule has 1 aromatic carbocycles. The zero-order valence-electron chi connectivity index (χ0n) is 10.1. The quantitative estimate of drug-likeness (QED) is 0.813. The minimum absolute atomic E-state index is 0.00422. The second-order valence-electron chi connectivity index (χ2n) is 3.93. The largest absolute Gasteiger partial charge is 0.396 e. The minimum Gasteiger partial charge on any atom is -0.396 e. The molecule has 1 aromatic heterocycles. The summed E-state index contributed by atoms with van der Waals surface area (Å²) in [4.78, 5) is 0.821. The fourth-order valence-corrected chi connectivity index (χ4v) is 4.33. The van der Waals surface area contributed by atoms with E-state index in [2.05, 4.69) is 20.7 Å². The maximum atomic E-state index is 12.2. The summed E-state index contributed by atoms with van der Waals surface area (Å²) in [5.74, 6) is 0. The van der Waals surface area contributed by atoms with E-state index in [0.717, 1.165) is 16.2 Å². The van der Waals surface area contributed by atoms with Gasteiger partial charge in [-0.1, -0.05) is 11.6 Å². The Balaban J connectivity index is 2.23. The summed E-state index contributed by atoms with van der Waals surface area (Å²) in [6.07, 6.45) is 0.449. The molecule has 0 spiro atoms. The molecule has 0 radical (unpaired) electrons. The van der Waals surface area contributed by atoms with Gasteiger partial charge in [0, 0.05) is 22.4 Å². The Kier molecular flexibility index (Phi) is 5.09. The van der Waals surface area contributed by atoms with Crippen LogP contribution in [-0.2, 0) is 16.4 Å². The monoisotopic (exact) mass is 395 g/mol. The normalized spacial score (nSPS) is 11.6. The van der Waals surface area contributed by atoms with Crippen LogP contribution in [0.15, 0.2) is 39.0 Å². The summed E-state index contributed by atoms with van der Waals surface area (Å²) >= 11 is 10.3. The number of rotatable bonds is 5. The molecule has 1 heterocycles. The molecule has 0 atom stereocenters. The highest BCUT2D eigenvalue weighted by Crippen LogP contribution is 2.28. The third-order valence-electron chi connectivity index (χ3n) is 2.43. The lowest BCUT2D eigenvalue weighted by Crippen LogP contribution is -2.11. The molecule has 0 bridgehead atoms. The molecule has 0 aliphatic heterocycles. The van der Waals surface area contributed by atoms with Crippen LogP contribution in [0, 0.1) is 0 Å². The van der Waals surface area contributed by atoms with Gasteiger partial charge in [0.15, 0.2) is 0 Å². The molecule has 0 saturated heterocycles. The molecule has 2 N–H and O–H groups in total. The summed E-state index contributed by atoms with van der Waals surface area (Å²) in [5, 5.41) is 9.27. The highest BCUT2D eigenvalue weighted by molar-refractivity contribution is 9.10. The maximum absolute atomic E-state index is 12.2. The van der Waals surface area contributed by atoms with Crippen LogP contribution in [0.25, 0.3) is 0 Å². The molecule has 0 aliphatic carbocycles. The molecule has 0 unspecified atom stereocenters. The van der Waals surface area contributed by atoms with Gasteiger partial charge >= 0.3 is 0 Å². The van der Waals surface area contributed by atoms with Crippen molar-refractivity contribution in [3.63, 3.8) is 0 Å². The van der Waals surface area contributed by atoms with Crippen molar-refractivity contribution in [2.45, 2.75) is 10.6 Å². The first-order valence-corrected chi connectivity index (χ1v) is 9.07. The van der Waals surface area contributed by atoms with Crippen molar-refractivity contribution in [1.29, 1.82) is 0 Å². The predicted molar refractivity (Wildman–Crippen MR) is 85.1 cm³/mol. The Bertz CT molecular complexity index is 715. The van der Waals surface area contributed by atoms with Crippen LogP contribution in [0.4, 0.5) is 5.69 Å². The van der Waals surface area contributed by atoms with Gasteiger partial charge in [0.1, 0.15) is 4.21 Å². The number of nitrogens with one attached hydrogen (secondary N) is 1. The molecule has 2 aromatic rings. The molecule has 20 heavy (non-hydrogen) atoms. The van der Waals surface area contributed by atoms with Crippen LogP contribution >= 0.6 is 38.9 Å². The van der Waals surface area contributed by atoms with Gasteiger partial charge in [0.25, 0.3) is 10.0 Å². The van der Waals surface area contributed by atoms with E-state index >= 15 is 0 Å². The average molecular weight is 397 g/mol. The van der Waals surface area contributed by atoms with Crippen molar-refractivity contribution in [2.75, 3.05) is 11.3 Å². The second-order valence-corrected chi connectivity index (χ2v) is 8.27. The molecule has 4 nitrogen and oxygen atoms in total. The van der Waals surface area contributed by atoms with Crippen LogP contribution < -0.4 is 4.72 Å². The Labute approximate surface area is 134 Å². The van der Waals surface area contributed by atoms with Crippen LogP contribution in [-0.4, -0.2) is 20.1 Å². The predicted octanol–water partition coefficient (Wildman–Crippen LogP) is 3.50. The lowest BCUT2D eigenvalue weighted by Gasteiger charge is -2.07. The number of sulfonamides is 1. The lowest BCUT2D eigenvalue weighted by molar-refractivity contribution is 0.300. The summed E-state index contributed by atoms with van der Waals surface area (Å²) in [7, 11) is -3.63. The molecule has 2 rings (SSSR count). The number of benzene rings is 1. The summed E-state index contributed by atoms with van der Waals surface area (Å²) in [5.41, 5.74) is 0.398. The number of aliphatic hydroxyl groups excluding tert-OH is 1. The van der Waals surface area contributed by atoms with E-state index in [-0.39, 0.29) is 10.8 Å². The first-order chi connectivity index (χ1) is 9.42. The number of thiophene rings is 1. The van der Waals surface area contributed by atoms with E-state index in [1.807, 2.05) is 0 Å². The Morgan fingerprint density at radius 3 is 2.70 bits per heavy atom. The highest BCUT2D eigenvalue weighted by Gasteiger charge is 2.17. The second kappa shape index (κ2) is 6.44. The van der Waals surface area contributed by atoms with Crippen LogP contribution in [0.5, 0.6) is 0 Å². The summed E-state index contributed by atoms with van der Waals surface area (Å²) in [6, 6.07) is 8.05. The third-order valence-corrected chi connectivity index (χ3v) is 6.68. The van der Waals surface area contributed by atoms with Gasteiger partial charge in [-0.15, -0.1) is 11.3 Å². The fourth-order valence-electron chi connectivity index (χ4n) is 1.51. The van der Waals surface area contributed by atoms with Gasteiger partial charge in [0.05, 0.1) is 10.7 Å². The van der Waals surface area contributed by atoms with E-state index in [9.17, 15) is 8.42 Å². The molecule has 0 aliphatic rings. The van der Waals surface area contributed by atoms with E-state index in [1.54, 1.807) is 18.2 Å². The van der Waals surface area contributed by atoms with E-state index in [4.69, 9.17) is 16.7 Å². The van der Waals surface area contributed by atoms with Crippen molar-refractivity contribution in [3.05, 3.63) is 44.7 Å². The highest BCUT2D eigenvalue weighted by atomic mass is 79.9. The van der Waals surface area contributed by atoms with Gasteiger partial charge in [0.2, 0.25) is 0 Å². The number of hydrogen-bond acceptors (Lipinski definition) is 4. The standard InChI is InChI=1S/C12H11BrClNO3S2/c13-10-3-1-8(7-11(10)14)15-20(17,18)12-4-2-9(19-12)5-6-16/h1-4,7,15-16H,5-6H2. The maximum Gasteiger partial charge on any atom is 0.271 e. The first kappa shape index (κ1) is 15.8. The van der Waals surface area contributed by atoms with Crippen molar-refractivity contribution >= 4 is 54.6 Å². The number of halogens is 2.